The van der Waals surface area contributed by atoms with E-state index in [0.717, 1.165) is 23.2 Å². The highest BCUT2D eigenvalue weighted by Gasteiger charge is 2.08. The first-order valence-electron chi connectivity index (χ1n) is 7.00. The fraction of sp³-hybridized carbons (Fsp3) is 0.235. The lowest BCUT2D eigenvalue weighted by molar-refractivity contribution is -0.115. The number of hydrogen-bond acceptors (Lipinski definition) is 2. The molecule has 1 amide bonds. The van der Waals surface area contributed by atoms with E-state index in [1.54, 1.807) is 12.1 Å². The Balaban J connectivity index is 1.97. The van der Waals surface area contributed by atoms with Gasteiger partial charge in [0.25, 0.3) is 0 Å². The molecule has 2 aromatic rings. The van der Waals surface area contributed by atoms with Crippen LogP contribution in [0, 0.1) is 0 Å². The van der Waals surface area contributed by atoms with Crippen LogP contribution in [0.15, 0.2) is 48.5 Å². The van der Waals surface area contributed by atoms with Crippen LogP contribution < -0.4 is 10.1 Å². The second-order valence-corrected chi connectivity index (χ2v) is 4.76. The van der Waals surface area contributed by atoms with Gasteiger partial charge in [-0.3, -0.25) is 4.79 Å². The molecule has 22 heavy (non-hydrogen) atoms. The van der Waals surface area contributed by atoms with Crippen molar-refractivity contribution in [2.45, 2.75) is 26.4 Å². The molecule has 2 rings (SSSR count). The Kier molecular flexibility index (Phi) is 5.47. The first-order valence-corrected chi connectivity index (χ1v) is 7.00. The van der Waals surface area contributed by atoms with Gasteiger partial charge < -0.3 is 10.1 Å². The molecular formula is C17H17F2NO2. The molecule has 0 heterocycles. The number of hydrogen-bond donors (Lipinski definition) is 1. The zero-order chi connectivity index (χ0) is 15.9. The van der Waals surface area contributed by atoms with Gasteiger partial charge in [0.1, 0.15) is 5.75 Å². The van der Waals surface area contributed by atoms with Crippen LogP contribution >= 0.6 is 0 Å². The fourth-order valence-corrected chi connectivity index (χ4v) is 2.12. The van der Waals surface area contributed by atoms with Crippen LogP contribution in [-0.4, -0.2) is 12.5 Å². The quantitative estimate of drug-likeness (QED) is 0.875. The molecule has 0 radical (unpaired) electrons. The number of benzene rings is 2. The number of anilines is 1. The number of para-hydroxylation sites is 1. The van der Waals surface area contributed by atoms with Gasteiger partial charge in [0.2, 0.25) is 5.91 Å². The summed E-state index contributed by atoms with van der Waals surface area (Å²) >= 11 is 0. The molecular weight excluding hydrogens is 288 g/mol. The van der Waals surface area contributed by atoms with Gasteiger partial charge in [-0.25, -0.2) is 0 Å². The zero-order valence-electron chi connectivity index (χ0n) is 12.2. The summed E-state index contributed by atoms with van der Waals surface area (Å²) in [6.45, 7) is -0.827. The average Bonchev–Trinajstić information content (AvgIpc) is 2.49. The van der Waals surface area contributed by atoms with Crippen LogP contribution in [0.5, 0.6) is 5.75 Å². The van der Waals surface area contributed by atoms with Gasteiger partial charge in [-0.1, -0.05) is 37.3 Å². The number of ether oxygens (including phenoxy) is 1. The molecule has 0 aliphatic heterocycles. The molecule has 0 saturated heterocycles. The van der Waals surface area contributed by atoms with Crippen molar-refractivity contribution in [2.75, 3.05) is 5.32 Å². The molecule has 0 aliphatic carbocycles. The molecule has 0 saturated carbocycles. The number of amides is 1. The van der Waals surface area contributed by atoms with E-state index >= 15 is 0 Å². The maximum Gasteiger partial charge on any atom is 0.387 e. The van der Waals surface area contributed by atoms with Gasteiger partial charge in [0.15, 0.2) is 0 Å². The second-order valence-electron chi connectivity index (χ2n) is 4.76. The third-order valence-corrected chi connectivity index (χ3v) is 3.19. The molecule has 0 aromatic heterocycles. The van der Waals surface area contributed by atoms with Crippen LogP contribution in [0.1, 0.15) is 18.1 Å². The van der Waals surface area contributed by atoms with E-state index in [2.05, 4.69) is 10.1 Å². The second kappa shape index (κ2) is 7.54. The van der Waals surface area contributed by atoms with Crippen molar-refractivity contribution >= 4 is 11.6 Å². The van der Waals surface area contributed by atoms with E-state index in [1.807, 2.05) is 31.2 Å². The molecule has 0 spiro atoms. The number of aryl methyl sites for hydroxylation is 1. The maximum absolute atomic E-state index is 12.1. The number of alkyl halides is 2. The number of halogens is 2. The molecule has 2 aromatic carbocycles. The van der Waals surface area contributed by atoms with E-state index in [1.165, 1.54) is 12.1 Å². The Labute approximate surface area is 127 Å². The van der Waals surface area contributed by atoms with Crippen LogP contribution in [0.4, 0.5) is 14.5 Å². The van der Waals surface area contributed by atoms with Crippen LogP contribution in [0.2, 0.25) is 0 Å². The van der Waals surface area contributed by atoms with Gasteiger partial charge in [-0.05, 0) is 35.7 Å². The van der Waals surface area contributed by atoms with E-state index in [-0.39, 0.29) is 18.1 Å². The fourth-order valence-electron chi connectivity index (χ4n) is 2.12. The Morgan fingerprint density at radius 1 is 1.14 bits per heavy atom. The lowest BCUT2D eigenvalue weighted by Gasteiger charge is -2.10. The van der Waals surface area contributed by atoms with Gasteiger partial charge in [0, 0.05) is 5.69 Å². The highest BCUT2D eigenvalue weighted by molar-refractivity contribution is 5.93. The Bertz CT molecular complexity index is 627. The molecule has 5 heteroatoms. The van der Waals surface area contributed by atoms with Crippen molar-refractivity contribution in [1.82, 2.24) is 0 Å². The smallest absolute Gasteiger partial charge is 0.387 e. The van der Waals surface area contributed by atoms with Crippen LogP contribution in [0.25, 0.3) is 0 Å². The standard InChI is InChI=1S/C17H17F2NO2/c1-2-13-5-3-4-6-15(13)20-16(21)11-12-7-9-14(10-8-12)22-17(18)19/h3-10,17H,2,11H2,1H3,(H,20,21). The van der Waals surface area contributed by atoms with Crippen molar-refractivity contribution in [1.29, 1.82) is 0 Å². The number of carbonyl (C=O) groups excluding carboxylic acids is 1. The molecule has 0 aliphatic rings. The molecule has 0 fully saturated rings. The summed E-state index contributed by atoms with van der Waals surface area (Å²) in [7, 11) is 0. The SMILES string of the molecule is CCc1ccccc1NC(=O)Cc1ccc(OC(F)F)cc1. The van der Waals surface area contributed by atoms with E-state index in [9.17, 15) is 13.6 Å². The monoisotopic (exact) mass is 305 g/mol. The van der Waals surface area contributed by atoms with Gasteiger partial charge in [0.05, 0.1) is 6.42 Å². The van der Waals surface area contributed by atoms with Crippen LogP contribution in [0.3, 0.4) is 0 Å². The summed E-state index contributed by atoms with van der Waals surface area (Å²) in [5.41, 5.74) is 2.59. The summed E-state index contributed by atoms with van der Waals surface area (Å²) in [6, 6.07) is 13.7. The van der Waals surface area contributed by atoms with Gasteiger partial charge >= 0.3 is 6.61 Å². The molecule has 3 nitrogen and oxygen atoms in total. The lowest BCUT2D eigenvalue weighted by atomic mass is 10.1. The topological polar surface area (TPSA) is 38.3 Å². The Hall–Kier alpha value is -2.43. The number of nitrogens with one attached hydrogen (secondary N) is 1. The van der Waals surface area contributed by atoms with Crippen molar-refractivity contribution < 1.29 is 18.3 Å². The first kappa shape index (κ1) is 15.9. The highest BCUT2D eigenvalue weighted by atomic mass is 19.3. The minimum absolute atomic E-state index is 0.0792. The Morgan fingerprint density at radius 2 is 1.82 bits per heavy atom. The third kappa shape index (κ3) is 4.55. The predicted octanol–water partition coefficient (Wildman–Crippen LogP) is 4.03. The van der Waals surface area contributed by atoms with Crippen molar-refractivity contribution in [3.05, 3.63) is 59.7 Å². The van der Waals surface area contributed by atoms with E-state index < -0.39 is 6.61 Å². The largest absolute Gasteiger partial charge is 0.435 e. The summed E-state index contributed by atoms with van der Waals surface area (Å²) in [6.07, 6.45) is 1.00. The number of carbonyl (C=O) groups is 1. The third-order valence-electron chi connectivity index (χ3n) is 3.19. The molecule has 0 atom stereocenters. The van der Waals surface area contributed by atoms with Crippen LogP contribution in [-0.2, 0) is 17.6 Å². The predicted molar refractivity (Wildman–Crippen MR) is 81.2 cm³/mol. The van der Waals surface area contributed by atoms with Gasteiger partial charge in [-0.2, -0.15) is 8.78 Å². The summed E-state index contributed by atoms with van der Waals surface area (Å²) in [5, 5.41) is 2.87. The summed E-state index contributed by atoms with van der Waals surface area (Å²) in [4.78, 5) is 12.1. The Morgan fingerprint density at radius 3 is 2.45 bits per heavy atom. The van der Waals surface area contributed by atoms with Crippen molar-refractivity contribution in [3.8, 4) is 5.75 Å². The zero-order valence-corrected chi connectivity index (χ0v) is 12.2. The lowest BCUT2D eigenvalue weighted by Crippen LogP contribution is -2.15. The van der Waals surface area contributed by atoms with Crippen molar-refractivity contribution in [2.24, 2.45) is 0 Å². The minimum Gasteiger partial charge on any atom is -0.435 e. The first-order chi connectivity index (χ1) is 10.6. The molecule has 116 valence electrons. The van der Waals surface area contributed by atoms with Gasteiger partial charge in [-0.15, -0.1) is 0 Å². The molecule has 1 N–H and O–H groups in total. The average molecular weight is 305 g/mol. The van der Waals surface area contributed by atoms with E-state index in [4.69, 9.17) is 0 Å². The molecule has 0 bridgehead atoms. The van der Waals surface area contributed by atoms with Crippen molar-refractivity contribution in [3.63, 3.8) is 0 Å². The highest BCUT2D eigenvalue weighted by Crippen LogP contribution is 2.17. The minimum atomic E-state index is -2.85. The van der Waals surface area contributed by atoms with E-state index in [0.29, 0.717) is 0 Å². The maximum atomic E-state index is 12.1. The number of rotatable bonds is 6. The molecule has 0 unspecified atom stereocenters. The summed E-state index contributed by atoms with van der Waals surface area (Å²) < 4.78 is 28.4. The normalized spacial score (nSPS) is 10.5. The summed E-state index contributed by atoms with van der Waals surface area (Å²) in [5.74, 6) is -0.0704.